The number of nitrogens with zero attached hydrogens (tertiary/aromatic N) is 2. The Bertz CT molecular complexity index is 673. The SMILES string of the molecule is O[C@H]1CC[C@H](CC[C@H]2c3c(F)cccc3-c3cncn32)CC1. The molecule has 116 valence electrons. The maximum absolute atomic E-state index is 14.3. The largest absolute Gasteiger partial charge is 0.393 e. The molecule has 0 unspecified atom stereocenters. The van der Waals surface area contributed by atoms with Crippen LogP contribution in [0, 0.1) is 11.7 Å². The highest BCUT2D eigenvalue weighted by molar-refractivity contribution is 5.69. The second-order valence-electron chi connectivity index (χ2n) is 6.65. The predicted molar refractivity (Wildman–Crippen MR) is 83.0 cm³/mol. The van der Waals surface area contributed by atoms with Crippen molar-refractivity contribution in [3.63, 3.8) is 0 Å². The summed E-state index contributed by atoms with van der Waals surface area (Å²) in [5.74, 6) is 0.552. The summed E-state index contributed by atoms with van der Waals surface area (Å²) in [6.07, 6.45) is 9.58. The number of fused-ring (bicyclic) bond motifs is 3. The summed E-state index contributed by atoms with van der Waals surface area (Å²) in [5.41, 5.74) is 2.84. The van der Waals surface area contributed by atoms with Crippen LogP contribution in [0.1, 0.15) is 50.1 Å². The van der Waals surface area contributed by atoms with E-state index < -0.39 is 0 Å². The van der Waals surface area contributed by atoms with Crippen molar-refractivity contribution < 1.29 is 9.50 Å². The minimum Gasteiger partial charge on any atom is -0.393 e. The van der Waals surface area contributed by atoms with Crippen molar-refractivity contribution in [2.24, 2.45) is 5.92 Å². The lowest BCUT2D eigenvalue weighted by Gasteiger charge is -2.26. The van der Waals surface area contributed by atoms with E-state index >= 15 is 0 Å². The fourth-order valence-corrected chi connectivity index (χ4v) is 4.11. The van der Waals surface area contributed by atoms with Crippen molar-refractivity contribution in [2.75, 3.05) is 0 Å². The highest BCUT2D eigenvalue weighted by Gasteiger charge is 2.31. The summed E-state index contributed by atoms with van der Waals surface area (Å²) in [5, 5.41) is 9.61. The van der Waals surface area contributed by atoms with Crippen LogP contribution >= 0.6 is 0 Å². The van der Waals surface area contributed by atoms with Gasteiger partial charge < -0.3 is 9.67 Å². The number of hydrogen-bond acceptors (Lipinski definition) is 2. The van der Waals surface area contributed by atoms with Crippen LogP contribution in [0.4, 0.5) is 4.39 Å². The lowest BCUT2D eigenvalue weighted by molar-refractivity contribution is 0.105. The van der Waals surface area contributed by atoms with Gasteiger partial charge in [0.25, 0.3) is 0 Å². The van der Waals surface area contributed by atoms with E-state index in [9.17, 15) is 9.50 Å². The maximum atomic E-state index is 14.3. The number of hydrogen-bond donors (Lipinski definition) is 1. The second kappa shape index (κ2) is 5.51. The molecule has 1 N–H and O–H groups in total. The van der Waals surface area contributed by atoms with Gasteiger partial charge in [-0.25, -0.2) is 9.37 Å². The van der Waals surface area contributed by atoms with E-state index in [1.807, 2.05) is 18.6 Å². The van der Waals surface area contributed by atoms with Gasteiger partial charge in [-0.2, -0.15) is 0 Å². The van der Waals surface area contributed by atoms with Crippen LogP contribution in [-0.4, -0.2) is 20.8 Å². The molecule has 0 bridgehead atoms. The molecule has 2 heterocycles. The Labute approximate surface area is 129 Å². The molecule has 4 rings (SSSR count). The maximum Gasteiger partial charge on any atom is 0.129 e. The zero-order chi connectivity index (χ0) is 15.1. The Morgan fingerprint density at radius 1 is 1.18 bits per heavy atom. The van der Waals surface area contributed by atoms with Crippen LogP contribution in [0.25, 0.3) is 11.3 Å². The van der Waals surface area contributed by atoms with E-state index in [1.54, 1.807) is 12.1 Å². The Balaban J connectivity index is 1.55. The molecule has 1 saturated carbocycles. The summed E-state index contributed by atoms with van der Waals surface area (Å²) in [4.78, 5) is 4.23. The standard InChI is InChI=1S/C18H21FN2O/c19-15-3-1-2-14-17-10-20-11-21(17)16(18(14)15)9-6-12-4-7-13(22)8-5-12/h1-3,10-13,16,22H,4-9H2/t12-,13-,16-/m0/s1. The molecule has 0 spiro atoms. The van der Waals surface area contributed by atoms with Crippen LogP contribution in [0.2, 0.25) is 0 Å². The van der Waals surface area contributed by atoms with Crippen LogP contribution in [0.3, 0.4) is 0 Å². The van der Waals surface area contributed by atoms with E-state index in [0.29, 0.717) is 5.92 Å². The predicted octanol–water partition coefficient (Wildman–Crippen LogP) is 3.92. The van der Waals surface area contributed by atoms with E-state index in [2.05, 4.69) is 9.55 Å². The van der Waals surface area contributed by atoms with Gasteiger partial charge in [0.15, 0.2) is 0 Å². The molecule has 2 aromatic rings. The Morgan fingerprint density at radius 2 is 2.00 bits per heavy atom. The Kier molecular flexibility index (Phi) is 3.49. The van der Waals surface area contributed by atoms with Gasteiger partial charge in [0.1, 0.15) is 5.82 Å². The third-order valence-corrected chi connectivity index (χ3v) is 5.33. The van der Waals surface area contributed by atoms with Crippen LogP contribution in [-0.2, 0) is 0 Å². The number of rotatable bonds is 3. The van der Waals surface area contributed by atoms with Crippen molar-refractivity contribution in [2.45, 2.75) is 50.7 Å². The van der Waals surface area contributed by atoms with Gasteiger partial charge >= 0.3 is 0 Å². The van der Waals surface area contributed by atoms with Crippen molar-refractivity contribution >= 4 is 0 Å². The second-order valence-corrected chi connectivity index (χ2v) is 6.65. The van der Waals surface area contributed by atoms with Crippen LogP contribution in [0.15, 0.2) is 30.7 Å². The summed E-state index contributed by atoms with van der Waals surface area (Å²) >= 11 is 0. The first-order valence-electron chi connectivity index (χ1n) is 8.22. The number of halogens is 1. The molecule has 1 atom stereocenters. The third-order valence-electron chi connectivity index (χ3n) is 5.33. The molecule has 2 aliphatic rings. The third kappa shape index (κ3) is 2.26. The molecule has 0 saturated heterocycles. The Hall–Kier alpha value is -1.68. The normalized spacial score (nSPS) is 26.7. The van der Waals surface area contributed by atoms with Crippen LogP contribution < -0.4 is 0 Å². The molecule has 1 aliphatic heterocycles. The van der Waals surface area contributed by atoms with Gasteiger partial charge in [-0.3, -0.25) is 0 Å². The molecule has 1 fully saturated rings. The molecule has 22 heavy (non-hydrogen) atoms. The van der Waals surface area contributed by atoms with E-state index in [0.717, 1.165) is 55.3 Å². The van der Waals surface area contributed by atoms with Gasteiger partial charge in [0.2, 0.25) is 0 Å². The molecule has 0 amide bonds. The molecule has 1 aliphatic carbocycles. The van der Waals surface area contributed by atoms with Gasteiger partial charge in [0.05, 0.1) is 30.4 Å². The summed E-state index contributed by atoms with van der Waals surface area (Å²) in [6, 6.07) is 5.39. The van der Waals surface area contributed by atoms with Crippen molar-refractivity contribution in [1.82, 2.24) is 9.55 Å². The zero-order valence-corrected chi connectivity index (χ0v) is 12.6. The van der Waals surface area contributed by atoms with E-state index in [1.165, 1.54) is 0 Å². The van der Waals surface area contributed by atoms with Crippen molar-refractivity contribution in [3.05, 3.63) is 42.1 Å². The molecular weight excluding hydrogens is 279 g/mol. The summed E-state index contributed by atoms with van der Waals surface area (Å²) < 4.78 is 16.4. The highest BCUT2D eigenvalue weighted by Crippen LogP contribution is 2.43. The quantitative estimate of drug-likeness (QED) is 0.933. The first-order valence-corrected chi connectivity index (χ1v) is 8.22. The average Bonchev–Trinajstić information content (AvgIpc) is 3.09. The number of benzene rings is 1. The summed E-state index contributed by atoms with van der Waals surface area (Å²) in [6.45, 7) is 0. The van der Waals surface area contributed by atoms with Gasteiger partial charge in [-0.05, 0) is 50.5 Å². The molecular formula is C18H21FN2O. The molecule has 0 radical (unpaired) electrons. The highest BCUT2D eigenvalue weighted by atomic mass is 19.1. The number of aromatic nitrogens is 2. The molecule has 1 aromatic carbocycles. The van der Waals surface area contributed by atoms with E-state index in [4.69, 9.17) is 0 Å². The van der Waals surface area contributed by atoms with Crippen molar-refractivity contribution in [1.29, 1.82) is 0 Å². The minimum atomic E-state index is -0.110. The number of aliphatic hydroxyl groups excluding tert-OH is 1. The topological polar surface area (TPSA) is 38.1 Å². The first-order chi connectivity index (χ1) is 10.7. The number of aliphatic hydroxyl groups is 1. The van der Waals surface area contributed by atoms with Crippen LogP contribution in [0.5, 0.6) is 0 Å². The zero-order valence-electron chi connectivity index (χ0n) is 12.6. The monoisotopic (exact) mass is 300 g/mol. The summed E-state index contributed by atoms with van der Waals surface area (Å²) in [7, 11) is 0. The molecule has 4 heteroatoms. The first kappa shape index (κ1) is 13.9. The fraction of sp³-hybridized carbons (Fsp3) is 0.500. The minimum absolute atomic E-state index is 0.0700. The fourth-order valence-electron chi connectivity index (χ4n) is 4.11. The number of imidazole rings is 1. The average molecular weight is 300 g/mol. The Morgan fingerprint density at radius 3 is 2.82 bits per heavy atom. The lowest BCUT2D eigenvalue weighted by Crippen LogP contribution is -2.19. The van der Waals surface area contributed by atoms with Gasteiger partial charge in [0, 0.05) is 11.1 Å². The molecule has 3 nitrogen and oxygen atoms in total. The smallest absolute Gasteiger partial charge is 0.129 e. The lowest BCUT2D eigenvalue weighted by atomic mass is 9.83. The van der Waals surface area contributed by atoms with Gasteiger partial charge in [-0.1, -0.05) is 12.1 Å². The molecule has 1 aromatic heterocycles. The van der Waals surface area contributed by atoms with Gasteiger partial charge in [-0.15, -0.1) is 0 Å². The van der Waals surface area contributed by atoms with E-state index in [-0.39, 0.29) is 18.0 Å². The van der Waals surface area contributed by atoms with Crippen molar-refractivity contribution in [3.8, 4) is 11.3 Å².